The van der Waals surface area contributed by atoms with Crippen LogP contribution in [0.3, 0.4) is 0 Å². The maximum Gasteiger partial charge on any atom is 0.164 e. The van der Waals surface area contributed by atoms with E-state index < -0.39 is 0 Å². The number of aromatic hydroxyl groups is 1. The van der Waals surface area contributed by atoms with Gasteiger partial charge in [0.05, 0.1) is 0 Å². The zero-order chi connectivity index (χ0) is 34.6. The number of hydrogen-bond acceptors (Lipinski definition) is 5. The van der Waals surface area contributed by atoms with Gasteiger partial charge in [-0.1, -0.05) is 140 Å². The maximum atomic E-state index is 11.6. The van der Waals surface area contributed by atoms with Gasteiger partial charge in [0.25, 0.3) is 0 Å². The standard InChI is InChI=1S/C47H29N3O2/c51-40-20-9-19-38(43(40)33-15-8-14-32(27-33)36-18-10-22-42-44(36)37-17-6-7-21-41(37)52-42)47-49-45(31-12-2-1-3-13-31)48-46(50-47)34-26-25-30-24-23-29-11-4-5-16-35(29)39(30)28-34/h1-28,51H. The van der Waals surface area contributed by atoms with E-state index in [4.69, 9.17) is 19.4 Å². The van der Waals surface area contributed by atoms with Crippen molar-refractivity contribution < 1.29 is 9.52 Å². The van der Waals surface area contributed by atoms with E-state index in [9.17, 15) is 5.11 Å². The highest BCUT2D eigenvalue weighted by Gasteiger charge is 2.20. The molecule has 2 aromatic heterocycles. The van der Waals surface area contributed by atoms with E-state index in [2.05, 4.69) is 78.9 Å². The molecule has 0 atom stereocenters. The Labute approximate surface area is 299 Å². The van der Waals surface area contributed by atoms with Gasteiger partial charge in [0, 0.05) is 33.0 Å². The second-order valence-electron chi connectivity index (χ2n) is 13.0. The Hall–Kier alpha value is -7.11. The minimum Gasteiger partial charge on any atom is -0.507 e. The van der Waals surface area contributed by atoms with Gasteiger partial charge in [-0.05, 0) is 68.6 Å². The summed E-state index contributed by atoms with van der Waals surface area (Å²) in [4.78, 5) is 15.2. The summed E-state index contributed by atoms with van der Waals surface area (Å²) in [5.41, 5.74) is 7.70. The molecule has 0 aliphatic heterocycles. The van der Waals surface area contributed by atoms with Crippen molar-refractivity contribution in [2.45, 2.75) is 0 Å². The molecule has 0 spiro atoms. The lowest BCUT2D eigenvalue weighted by Gasteiger charge is -2.15. The first-order valence-electron chi connectivity index (χ1n) is 17.2. The topological polar surface area (TPSA) is 72.0 Å². The Morgan fingerprint density at radius 3 is 1.88 bits per heavy atom. The van der Waals surface area contributed by atoms with Gasteiger partial charge < -0.3 is 9.52 Å². The molecule has 8 aromatic carbocycles. The van der Waals surface area contributed by atoms with Crippen LogP contribution in [0, 0.1) is 0 Å². The van der Waals surface area contributed by atoms with Crippen molar-refractivity contribution in [3.8, 4) is 62.2 Å². The molecule has 0 radical (unpaired) electrons. The van der Waals surface area contributed by atoms with Crippen LogP contribution in [0.1, 0.15) is 0 Å². The Morgan fingerprint density at radius 1 is 0.385 bits per heavy atom. The van der Waals surface area contributed by atoms with E-state index in [-0.39, 0.29) is 5.75 Å². The number of rotatable bonds is 5. The number of furan rings is 1. The van der Waals surface area contributed by atoms with E-state index >= 15 is 0 Å². The number of phenols is 1. The maximum absolute atomic E-state index is 11.6. The lowest BCUT2D eigenvalue weighted by molar-refractivity contribution is 0.477. The Bertz CT molecular complexity index is 2990. The molecule has 0 saturated heterocycles. The van der Waals surface area contributed by atoms with Crippen LogP contribution in [0.2, 0.25) is 0 Å². The van der Waals surface area contributed by atoms with E-state index in [1.54, 1.807) is 6.07 Å². The summed E-state index contributed by atoms with van der Waals surface area (Å²) in [6, 6.07) is 57.0. The molecule has 0 aliphatic carbocycles. The summed E-state index contributed by atoms with van der Waals surface area (Å²) in [5.74, 6) is 1.73. The van der Waals surface area contributed by atoms with Gasteiger partial charge in [-0.25, -0.2) is 15.0 Å². The van der Waals surface area contributed by atoms with E-state index in [1.165, 1.54) is 10.8 Å². The van der Waals surface area contributed by atoms with Crippen LogP contribution in [0.25, 0.3) is 99.9 Å². The summed E-state index contributed by atoms with van der Waals surface area (Å²) >= 11 is 0. The molecule has 5 nitrogen and oxygen atoms in total. The molecule has 0 aliphatic rings. The van der Waals surface area contributed by atoms with Crippen LogP contribution in [-0.2, 0) is 0 Å². The average Bonchev–Trinajstić information content (AvgIpc) is 3.60. The Balaban J connectivity index is 1.16. The number of hydrogen-bond donors (Lipinski definition) is 1. The van der Waals surface area contributed by atoms with Crippen molar-refractivity contribution >= 4 is 43.5 Å². The fourth-order valence-electron chi connectivity index (χ4n) is 7.37. The van der Waals surface area contributed by atoms with Gasteiger partial charge in [0.1, 0.15) is 16.9 Å². The third kappa shape index (κ3) is 4.98. The second kappa shape index (κ2) is 12.0. The quantitative estimate of drug-likeness (QED) is 0.185. The van der Waals surface area contributed by atoms with Crippen LogP contribution in [0.15, 0.2) is 174 Å². The zero-order valence-electron chi connectivity index (χ0n) is 27.9. The smallest absolute Gasteiger partial charge is 0.164 e. The van der Waals surface area contributed by atoms with Gasteiger partial charge >= 0.3 is 0 Å². The number of aromatic nitrogens is 3. The molecule has 0 amide bonds. The minimum atomic E-state index is 0.141. The molecule has 52 heavy (non-hydrogen) atoms. The number of phenolic OH excluding ortho intramolecular Hbond substituents is 1. The van der Waals surface area contributed by atoms with Gasteiger partial charge in [0.15, 0.2) is 17.5 Å². The molecule has 244 valence electrons. The molecule has 5 heteroatoms. The highest BCUT2D eigenvalue weighted by atomic mass is 16.3. The molecule has 2 heterocycles. The monoisotopic (exact) mass is 667 g/mol. The molecule has 0 saturated carbocycles. The van der Waals surface area contributed by atoms with Crippen LogP contribution < -0.4 is 0 Å². The third-order valence-electron chi connectivity index (χ3n) is 9.82. The number of fused-ring (bicyclic) bond motifs is 6. The number of nitrogens with zero attached hydrogens (tertiary/aromatic N) is 3. The van der Waals surface area contributed by atoms with Crippen molar-refractivity contribution in [1.82, 2.24) is 15.0 Å². The SMILES string of the molecule is Oc1cccc(-c2nc(-c3ccccc3)nc(-c3ccc4ccc5ccccc5c4c3)n2)c1-c1cccc(-c2cccc3oc4ccccc4c23)c1. The van der Waals surface area contributed by atoms with Crippen molar-refractivity contribution in [2.75, 3.05) is 0 Å². The largest absolute Gasteiger partial charge is 0.507 e. The van der Waals surface area contributed by atoms with Crippen LogP contribution in [-0.4, -0.2) is 20.1 Å². The number of para-hydroxylation sites is 1. The summed E-state index contributed by atoms with van der Waals surface area (Å²) in [7, 11) is 0. The third-order valence-corrected chi connectivity index (χ3v) is 9.82. The fourth-order valence-corrected chi connectivity index (χ4v) is 7.37. The average molecular weight is 668 g/mol. The molecule has 0 bridgehead atoms. The summed E-state index contributed by atoms with van der Waals surface area (Å²) < 4.78 is 6.20. The number of benzene rings is 8. The molecule has 10 aromatic rings. The first-order chi connectivity index (χ1) is 25.7. The first-order valence-corrected chi connectivity index (χ1v) is 17.2. The normalized spacial score (nSPS) is 11.5. The van der Waals surface area contributed by atoms with Crippen molar-refractivity contribution in [1.29, 1.82) is 0 Å². The van der Waals surface area contributed by atoms with Crippen LogP contribution in [0.4, 0.5) is 0 Å². The van der Waals surface area contributed by atoms with Crippen molar-refractivity contribution in [3.05, 3.63) is 170 Å². The van der Waals surface area contributed by atoms with E-state index in [0.29, 0.717) is 28.6 Å². The molecule has 1 N–H and O–H groups in total. The van der Waals surface area contributed by atoms with Crippen LogP contribution >= 0.6 is 0 Å². The predicted molar refractivity (Wildman–Crippen MR) is 211 cm³/mol. The predicted octanol–water partition coefficient (Wildman–Crippen LogP) is 12.1. The van der Waals surface area contributed by atoms with Gasteiger partial charge in [-0.15, -0.1) is 0 Å². The fraction of sp³-hybridized carbons (Fsp3) is 0. The molecular formula is C47H29N3O2. The highest BCUT2D eigenvalue weighted by Crippen LogP contribution is 2.42. The molecule has 0 unspecified atom stereocenters. The summed E-state index contributed by atoms with van der Waals surface area (Å²) in [6.45, 7) is 0. The first kappa shape index (κ1) is 29.8. The summed E-state index contributed by atoms with van der Waals surface area (Å²) in [5, 5.41) is 18.3. The zero-order valence-corrected chi connectivity index (χ0v) is 27.9. The highest BCUT2D eigenvalue weighted by molar-refractivity contribution is 6.12. The Kier molecular flexibility index (Phi) is 6.89. The van der Waals surface area contributed by atoms with Gasteiger partial charge in [0.2, 0.25) is 0 Å². The van der Waals surface area contributed by atoms with Crippen molar-refractivity contribution in [2.24, 2.45) is 0 Å². The second-order valence-corrected chi connectivity index (χ2v) is 13.0. The van der Waals surface area contributed by atoms with E-state index in [0.717, 1.165) is 60.5 Å². The lowest BCUT2D eigenvalue weighted by atomic mass is 9.93. The molecular weight excluding hydrogens is 639 g/mol. The van der Waals surface area contributed by atoms with Gasteiger partial charge in [-0.2, -0.15) is 0 Å². The summed E-state index contributed by atoms with van der Waals surface area (Å²) in [6.07, 6.45) is 0. The van der Waals surface area contributed by atoms with Crippen molar-refractivity contribution in [3.63, 3.8) is 0 Å². The molecule has 0 fully saturated rings. The Morgan fingerprint density at radius 2 is 1.00 bits per heavy atom. The van der Waals surface area contributed by atoms with Gasteiger partial charge in [-0.3, -0.25) is 0 Å². The molecule has 10 rings (SSSR count). The minimum absolute atomic E-state index is 0.141. The lowest BCUT2D eigenvalue weighted by Crippen LogP contribution is -2.01. The van der Waals surface area contributed by atoms with E-state index in [1.807, 2.05) is 84.9 Å². The van der Waals surface area contributed by atoms with Crippen LogP contribution in [0.5, 0.6) is 5.75 Å².